The second-order valence-corrected chi connectivity index (χ2v) is 6.42. The first kappa shape index (κ1) is 15.5. The van der Waals surface area contributed by atoms with E-state index in [0.717, 1.165) is 12.8 Å². The molecule has 0 bridgehead atoms. The van der Waals surface area contributed by atoms with Gasteiger partial charge >= 0.3 is 0 Å². The van der Waals surface area contributed by atoms with Crippen molar-refractivity contribution in [2.45, 2.75) is 17.7 Å². The lowest BCUT2D eigenvalue weighted by molar-refractivity contribution is 0.579. The van der Waals surface area contributed by atoms with Crippen LogP contribution in [0.4, 0.5) is 5.69 Å². The number of nitrogens with one attached hydrogen (secondary N) is 2. The third kappa shape index (κ3) is 4.56. The molecular weight excluding hydrogens is 286 g/mol. The van der Waals surface area contributed by atoms with Gasteiger partial charge in [-0.2, -0.15) is 0 Å². The van der Waals surface area contributed by atoms with Crippen molar-refractivity contribution in [1.29, 1.82) is 0 Å². The van der Waals surface area contributed by atoms with Crippen LogP contribution in [0.25, 0.3) is 0 Å². The summed E-state index contributed by atoms with van der Waals surface area (Å²) >= 11 is 0. The van der Waals surface area contributed by atoms with Crippen LogP contribution in [-0.4, -0.2) is 15.0 Å². The van der Waals surface area contributed by atoms with E-state index in [4.69, 9.17) is 5.84 Å². The van der Waals surface area contributed by atoms with Crippen molar-refractivity contribution in [1.82, 2.24) is 4.72 Å². The fourth-order valence-electron chi connectivity index (χ4n) is 1.96. The molecule has 0 heterocycles. The molecule has 0 unspecified atom stereocenters. The Balaban J connectivity index is 1.86. The first-order valence-electron chi connectivity index (χ1n) is 6.72. The molecule has 2 aromatic carbocycles. The van der Waals surface area contributed by atoms with Gasteiger partial charge in [0.05, 0.1) is 4.90 Å². The average Bonchev–Trinajstić information content (AvgIpc) is 2.53. The van der Waals surface area contributed by atoms with Gasteiger partial charge in [0.15, 0.2) is 0 Å². The van der Waals surface area contributed by atoms with Crippen molar-refractivity contribution in [3.05, 3.63) is 60.2 Å². The van der Waals surface area contributed by atoms with Crippen molar-refractivity contribution in [2.75, 3.05) is 12.0 Å². The molecule has 5 nitrogen and oxygen atoms in total. The van der Waals surface area contributed by atoms with Crippen LogP contribution in [0.3, 0.4) is 0 Å². The Morgan fingerprint density at radius 2 is 1.62 bits per heavy atom. The summed E-state index contributed by atoms with van der Waals surface area (Å²) in [5.74, 6) is 5.25. The molecule has 0 aliphatic heterocycles. The summed E-state index contributed by atoms with van der Waals surface area (Å²) in [7, 11) is -3.46. The van der Waals surface area contributed by atoms with Gasteiger partial charge in [-0.3, -0.25) is 5.84 Å². The number of hydrogen-bond acceptors (Lipinski definition) is 4. The Bertz CT molecular complexity index is 655. The van der Waals surface area contributed by atoms with E-state index in [1.807, 2.05) is 30.3 Å². The number of sulfonamides is 1. The summed E-state index contributed by atoms with van der Waals surface area (Å²) in [6, 6.07) is 16.3. The zero-order chi connectivity index (χ0) is 15.1. The molecule has 0 spiro atoms. The molecule has 0 aromatic heterocycles. The maximum Gasteiger partial charge on any atom is 0.240 e. The fraction of sp³-hybridized carbons (Fsp3) is 0.200. The van der Waals surface area contributed by atoms with Gasteiger partial charge in [-0.15, -0.1) is 0 Å². The molecule has 0 atom stereocenters. The molecule has 0 saturated carbocycles. The third-order valence-corrected chi connectivity index (χ3v) is 4.59. The summed E-state index contributed by atoms with van der Waals surface area (Å²) in [6.45, 7) is 0.411. The second-order valence-electron chi connectivity index (χ2n) is 4.66. The van der Waals surface area contributed by atoms with Crippen LogP contribution < -0.4 is 16.0 Å². The number of hydrogen-bond donors (Lipinski definition) is 3. The largest absolute Gasteiger partial charge is 0.324 e. The topological polar surface area (TPSA) is 84.2 Å². The molecule has 112 valence electrons. The van der Waals surface area contributed by atoms with Gasteiger partial charge in [-0.05, 0) is 42.7 Å². The smallest absolute Gasteiger partial charge is 0.240 e. The molecule has 2 rings (SSSR count). The standard InChI is InChI=1S/C15H19N3O2S/c16-18-14-8-10-15(11-9-14)21(19,20)17-12-4-7-13-5-2-1-3-6-13/h1-3,5-6,8-11,17-18H,4,7,12,16H2. The molecule has 21 heavy (non-hydrogen) atoms. The summed E-state index contributed by atoms with van der Waals surface area (Å²) in [5.41, 5.74) is 4.33. The Hall–Kier alpha value is -1.89. The highest BCUT2D eigenvalue weighted by atomic mass is 32.2. The monoisotopic (exact) mass is 305 g/mol. The van der Waals surface area contributed by atoms with Gasteiger partial charge in [-0.25, -0.2) is 13.1 Å². The average molecular weight is 305 g/mol. The zero-order valence-electron chi connectivity index (χ0n) is 11.6. The maximum absolute atomic E-state index is 12.1. The van der Waals surface area contributed by atoms with Crippen LogP contribution in [0.15, 0.2) is 59.5 Å². The number of rotatable bonds is 7. The van der Waals surface area contributed by atoms with E-state index in [-0.39, 0.29) is 4.90 Å². The molecule has 0 aliphatic rings. The van der Waals surface area contributed by atoms with Crippen LogP contribution in [0.5, 0.6) is 0 Å². The zero-order valence-corrected chi connectivity index (χ0v) is 12.4. The first-order valence-corrected chi connectivity index (χ1v) is 8.20. The van der Waals surface area contributed by atoms with E-state index >= 15 is 0 Å². The number of nitrogen functional groups attached to an aromatic ring is 1. The van der Waals surface area contributed by atoms with E-state index in [9.17, 15) is 8.42 Å². The summed E-state index contributed by atoms with van der Waals surface area (Å²) in [4.78, 5) is 0.237. The first-order chi connectivity index (χ1) is 10.1. The highest BCUT2D eigenvalue weighted by molar-refractivity contribution is 7.89. The van der Waals surface area contributed by atoms with E-state index in [0.29, 0.717) is 12.2 Å². The van der Waals surface area contributed by atoms with Gasteiger partial charge in [0.25, 0.3) is 0 Å². The highest BCUT2D eigenvalue weighted by Crippen LogP contribution is 2.13. The molecule has 0 fully saturated rings. The van der Waals surface area contributed by atoms with Gasteiger partial charge in [0.1, 0.15) is 0 Å². The van der Waals surface area contributed by atoms with Crippen molar-refractivity contribution in [2.24, 2.45) is 5.84 Å². The Morgan fingerprint density at radius 3 is 2.24 bits per heavy atom. The molecular formula is C15H19N3O2S. The molecule has 4 N–H and O–H groups in total. The van der Waals surface area contributed by atoms with E-state index < -0.39 is 10.0 Å². The number of anilines is 1. The Kier molecular flexibility index (Phi) is 5.32. The van der Waals surface area contributed by atoms with Gasteiger partial charge < -0.3 is 5.43 Å². The SMILES string of the molecule is NNc1ccc(S(=O)(=O)NCCCc2ccccc2)cc1. The van der Waals surface area contributed by atoms with Gasteiger partial charge in [0.2, 0.25) is 10.0 Å². The Labute approximate surface area is 125 Å². The van der Waals surface area contributed by atoms with Crippen molar-refractivity contribution in [3.8, 4) is 0 Å². The Morgan fingerprint density at radius 1 is 0.952 bits per heavy atom. The fourth-order valence-corrected chi connectivity index (χ4v) is 3.03. The van der Waals surface area contributed by atoms with Crippen LogP contribution in [0.1, 0.15) is 12.0 Å². The summed E-state index contributed by atoms with van der Waals surface area (Å²) in [5, 5.41) is 0. The number of benzene rings is 2. The van der Waals surface area contributed by atoms with E-state index in [1.165, 1.54) is 17.7 Å². The van der Waals surface area contributed by atoms with Crippen LogP contribution in [0, 0.1) is 0 Å². The predicted molar refractivity (Wildman–Crippen MR) is 84.2 cm³/mol. The van der Waals surface area contributed by atoms with E-state index in [1.54, 1.807) is 12.1 Å². The lowest BCUT2D eigenvalue weighted by Crippen LogP contribution is -2.25. The normalized spacial score (nSPS) is 11.3. The highest BCUT2D eigenvalue weighted by Gasteiger charge is 2.12. The minimum absolute atomic E-state index is 0.237. The minimum Gasteiger partial charge on any atom is -0.324 e. The van der Waals surface area contributed by atoms with Gasteiger partial charge in [-0.1, -0.05) is 30.3 Å². The number of hydrazine groups is 1. The van der Waals surface area contributed by atoms with Crippen molar-refractivity contribution < 1.29 is 8.42 Å². The molecule has 0 aliphatic carbocycles. The number of nitrogens with two attached hydrogens (primary N) is 1. The van der Waals surface area contributed by atoms with Crippen LogP contribution in [0.2, 0.25) is 0 Å². The third-order valence-electron chi connectivity index (χ3n) is 3.11. The predicted octanol–water partition coefficient (Wildman–Crippen LogP) is 1.88. The second kappa shape index (κ2) is 7.21. The molecule has 6 heteroatoms. The van der Waals surface area contributed by atoms with Crippen molar-refractivity contribution in [3.63, 3.8) is 0 Å². The van der Waals surface area contributed by atoms with Crippen LogP contribution >= 0.6 is 0 Å². The summed E-state index contributed by atoms with van der Waals surface area (Å²) in [6.07, 6.45) is 1.60. The van der Waals surface area contributed by atoms with Crippen molar-refractivity contribution >= 4 is 15.7 Å². The molecule has 0 radical (unpaired) electrons. The lowest BCUT2D eigenvalue weighted by atomic mass is 10.1. The quantitative estimate of drug-likeness (QED) is 0.414. The minimum atomic E-state index is -3.46. The lowest BCUT2D eigenvalue weighted by Gasteiger charge is -2.07. The molecule has 2 aromatic rings. The van der Waals surface area contributed by atoms with Gasteiger partial charge in [0, 0.05) is 12.2 Å². The molecule has 0 saturated heterocycles. The number of aryl methyl sites for hydroxylation is 1. The maximum atomic E-state index is 12.1. The molecule has 0 amide bonds. The van der Waals surface area contributed by atoms with Crippen LogP contribution in [-0.2, 0) is 16.4 Å². The summed E-state index contributed by atoms with van der Waals surface area (Å²) < 4.78 is 26.8. The van der Waals surface area contributed by atoms with E-state index in [2.05, 4.69) is 10.1 Å².